The molecule has 0 aliphatic heterocycles. The Balaban J connectivity index is 1.19. The molecule has 12 heteroatoms. The van der Waals surface area contributed by atoms with Gasteiger partial charge >= 0.3 is 12.1 Å². The molecule has 0 saturated heterocycles. The number of imidazole rings is 1. The summed E-state index contributed by atoms with van der Waals surface area (Å²) < 4.78 is 65.6. The topological polar surface area (TPSA) is 103 Å². The van der Waals surface area contributed by atoms with Crippen molar-refractivity contribution < 1.29 is 36.6 Å². The number of fused-ring (bicyclic) bond motifs is 1. The Morgan fingerprint density at radius 3 is 2.50 bits per heavy atom. The number of hydrogen-bond acceptors (Lipinski definition) is 6. The highest BCUT2D eigenvalue weighted by molar-refractivity contribution is 5.92. The van der Waals surface area contributed by atoms with Crippen molar-refractivity contribution in [3.05, 3.63) is 131 Å². The molecule has 0 amide bonds. The van der Waals surface area contributed by atoms with Crippen molar-refractivity contribution in [3.63, 3.8) is 0 Å². The standard InChI is InChI=1S/C32H22F4N4O4/c33-25-14-23(32(34,35)36)10-8-22(25)17-43-30-3-1-2-26(39-30)20-6-4-19(5-7-20)12-29-38-27-11-9-21(31(41)42)13-28(27)40(29)16-24-15-37-18-44-24/h1-11,13-15,18H,12,16-17H2,(H,41,42). The van der Waals surface area contributed by atoms with Gasteiger partial charge in [0.25, 0.3) is 0 Å². The SMILES string of the molecule is O=C(O)c1ccc2nc(Cc3ccc(-c4cccc(OCc5ccc(C(F)(F)F)cc5F)n4)cc3)n(Cc3cnco3)c2c1. The molecule has 0 fully saturated rings. The first kappa shape index (κ1) is 28.6. The van der Waals surface area contributed by atoms with Crippen LogP contribution in [0.5, 0.6) is 5.88 Å². The van der Waals surface area contributed by atoms with Crippen LogP contribution in [-0.4, -0.2) is 30.6 Å². The van der Waals surface area contributed by atoms with Crippen LogP contribution in [0.15, 0.2) is 95.9 Å². The number of benzene rings is 3. The second kappa shape index (κ2) is 11.6. The van der Waals surface area contributed by atoms with Crippen molar-refractivity contribution in [2.75, 3.05) is 0 Å². The molecule has 44 heavy (non-hydrogen) atoms. The van der Waals surface area contributed by atoms with Crippen molar-refractivity contribution in [2.45, 2.75) is 25.7 Å². The summed E-state index contributed by atoms with van der Waals surface area (Å²) in [4.78, 5) is 24.7. The van der Waals surface area contributed by atoms with Crippen molar-refractivity contribution >= 4 is 17.0 Å². The minimum absolute atomic E-state index is 0.0249. The van der Waals surface area contributed by atoms with E-state index < -0.39 is 23.5 Å². The minimum Gasteiger partial charge on any atom is -0.478 e. The Hall–Kier alpha value is -5.52. The number of alkyl halides is 3. The molecule has 6 aromatic rings. The van der Waals surface area contributed by atoms with Gasteiger partial charge in [-0.1, -0.05) is 36.4 Å². The highest BCUT2D eigenvalue weighted by Gasteiger charge is 2.31. The van der Waals surface area contributed by atoms with Crippen molar-refractivity contribution in [3.8, 4) is 17.1 Å². The summed E-state index contributed by atoms with van der Waals surface area (Å²) in [6.45, 7) is 0.0302. The molecule has 0 aliphatic carbocycles. The van der Waals surface area contributed by atoms with Gasteiger partial charge in [0.1, 0.15) is 24.0 Å². The van der Waals surface area contributed by atoms with Gasteiger partial charge in [0.2, 0.25) is 5.88 Å². The first-order valence-corrected chi connectivity index (χ1v) is 13.3. The summed E-state index contributed by atoms with van der Waals surface area (Å²) >= 11 is 0. The smallest absolute Gasteiger partial charge is 0.416 e. The monoisotopic (exact) mass is 602 g/mol. The molecule has 3 aromatic heterocycles. The number of hydrogen-bond donors (Lipinski definition) is 1. The van der Waals surface area contributed by atoms with E-state index in [0.29, 0.717) is 47.3 Å². The number of aromatic carboxylic acids is 1. The summed E-state index contributed by atoms with van der Waals surface area (Å²) in [5.41, 5.74) is 2.66. The highest BCUT2D eigenvalue weighted by atomic mass is 19.4. The summed E-state index contributed by atoms with van der Waals surface area (Å²) in [5.74, 6) is -0.561. The molecule has 8 nitrogen and oxygen atoms in total. The van der Waals surface area contributed by atoms with E-state index in [4.69, 9.17) is 14.1 Å². The van der Waals surface area contributed by atoms with Crippen LogP contribution < -0.4 is 4.74 Å². The largest absolute Gasteiger partial charge is 0.478 e. The Bertz CT molecular complexity index is 1950. The first-order valence-electron chi connectivity index (χ1n) is 13.3. The molecule has 0 radical (unpaired) electrons. The van der Waals surface area contributed by atoms with Crippen LogP contribution >= 0.6 is 0 Å². The third-order valence-electron chi connectivity index (χ3n) is 6.96. The number of ether oxygens (including phenoxy) is 1. The normalized spacial score (nSPS) is 11.6. The average molecular weight is 603 g/mol. The molecule has 0 bridgehead atoms. The predicted octanol–water partition coefficient (Wildman–Crippen LogP) is 7.16. The number of carboxylic acids is 1. The average Bonchev–Trinajstić information content (AvgIpc) is 3.64. The zero-order valence-electron chi connectivity index (χ0n) is 22.8. The highest BCUT2D eigenvalue weighted by Crippen LogP contribution is 2.31. The quantitative estimate of drug-likeness (QED) is 0.175. The van der Waals surface area contributed by atoms with Crippen molar-refractivity contribution in [2.24, 2.45) is 0 Å². The lowest BCUT2D eigenvalue weighted by Crippen LogP contribution is -2.07. The van der Waals surface area contributed by atoms with Gasteiger partial charge in [-0.2, -0.15) is 13.2 Å². The van der Waals surface area contributed by atoms with Gasteiger partial charge < -0.3 is 18.8 Å². The predicted molar refractivity (Wildman–Crippen MR) is 151 cm³/mol. The number of carboxylic acid groups (broad SMARTS) is 1. The van der Waals surface area contributed by atoms with E-state index in [1.54, 1.807) is 36.5 Å². The lowest BCUT2D eigenvalue weighted by Gasteiger charge is -2.11. The molecular formula is C32H22F4N4O4. The number of pyridine rings is 1. The molecule has 1 N–H and O–H groups in total. The number of aromatic nitrogens is 4. The van der Waals surface area contributed by atoms with Crippen LogP contribution in [-0.2, 0) is 25.7 Å². The molecule has 0 spiro atoms. The number of oxazole rings is 1. The van der Waals surface area contributed by atoms with Gasteiger partial charge in [-0.15, -0.1) is 0 Å². The Labute approximate surface area is 247 Å². The summed E-state index contributed by atoms with van der Waals surface area (Å²) in [5, 5.41) is 9.48. The third kappa shape index (κ3) is 6.14. The fourth-order valence-electron chi connectivity index (χ4n) is 4.72. The maximum absolute atomic E-state index is 14.2. The van der Waals surface area contributed by atoms with E-state index in [-0.39, 0.29) is 23.6 Å². The van der Waals surface area contributed by atoms with E-state index in [0.717, 1.165) is 23.3 Å². The Kier molecular flexibility index (Phi) is 7.56. The maximum atomic E-state index is 14.2. The summed E-state index contributed by atoms with van der Waals surface area (Å²) in [6.07, 6.45) is -1.27. The number of rotatable bonds is 9. The van der Waals surface area contributed by atoms with E-state index in [9.17, 15) is 27.5 Å². The third-order valence-corrected chi connectivity index (χ3v) is 6.96. The number of halogens is 4. The lowest BCUT2D eigenvalue weighted by atomic mass is 10.1. The second-order valence-corrected chi connectivity index (χ2v) is 9.92. The maximum Gasteiger partial charge on any atom is 0.416 e. The first-order chi connectivity index (χ1) is 21.1. The molecule has 3 heterocycles. The zero-order chi connectivity index (χ0) is 30.8. The molecule has 0 atom stereocenters. The zero-order valence-corrected chi connectivity index (χ0v) is 22.8. The van der Waals surface area contributed by atoms with E-state index in [2.05, 4.69) is 9.97 Å². The van der Waals surface area contributed by atoms with Gasteiger partial charge in [-0.3, -0.25) is 0 Å². The van der Waals surface area contributed by atoms with E-state index in [1.807, 2.05) is 28.8 Å². The fourth-order valence-corrected chi connectivity index (χ4v) is 4.72. The van der Waals surface area contributed by atoms with Gasteiger partial charge in [-0.25, -0.2) is 24.1 Å². The van der Waals surface area contributed by atoms with Gasteiger partial charge in [-0.05, 0) is 42.0 Å². The van der Waals surface area contributed by atoms with E-state index >= 15 is 0 Å². The van der Waals surface area contributed by atoms with Crippen LogP contribution in [0.4, 0.5) is 17.6 Å². The second-order valence-electron chi connectivity index (χ2n) is 9.92. The van der Waals surface area contributed by atoms with Crippen LogP contribution in [0.25, 0.3) is 22.3 Å². The molecule has 222 valence electrons. The minimum atomic E-state index is -4.63. The number of nitrogens with zero attached hydrogens (tertiary/aromatic N) is 4. The fraction of sp³-hybridized carbons (Fsp3) is 0.125. The van der Waals surface area contributed by atoms with Gasteiger partial charge in [0.05, 0.1) is 40.6 Å². The Morgan fingerprint density at radius 2 is 1.80 bits per heavy atom. The summed E-state index contributed by atoms with van der Waals surface area (Å²) in [7, 11) is 0. The number of carbonyl (C=O) groups is 1. The Morgan fingerprint density at radius 1 is 0.977 bits per heavy atom. The van der Waals surface area contributed by atoms with Gasteiger partial charge in [0.15, 0.2) is 6.39 Å². The van der Waals surface area contributed by atoms with Crippen molar-refractivity contribution in [1.82, 2.24) is 19.5 Å². The molecule has 0 aliphatic rings. The molecular weight excluding hydrogens is 580 g/mol. The molecule has 0 saturated carbocycles. The summed E-state index contributed by atoms with van der Waals surface area (Å²) in [6, 6.07) is 19.7. The van der Waals surface area contributed by atoms with Crippen LogP contribution in [0.2, 0.25) is 0 Å². The van der Waals surface area contributed by atoms with E-state index in [1.165, 1.54) is 12.5 Å². The molecule has 3 aromatic carbocycles. The molecule has 6 rings (SSSR count). The van der Waals surface area contributed by atoms with Crippen molar-refractivity contribution in [1.29, 1.82) is 0 Å². The van der Waals surface area contributed by atoms with Crippen LogP contribution in [0.3, 0.4) is 0 Å². The van der Waals surface area contributed by atoms with Crippen LogP contribution in [0.1, 0.15) is 38.6 Å². The van der Waals surface area contributed by atoms with Gasteiger partial charge in [0, 0.05) is 23.6 Å². The van der Waals surface area contributed by atoms with Crippen LogP contribution in [0, 0.1) is 5.82 Å². The lowest BCUT2D eigenvalue weighted by molar-refractivity contribution is -0.137. The molecule has 0 unspecified atom stereocenters.